The first-order valence-corrected chi connectivity index (χ1v) is 7.34. The van der Waals surface area contributed by atoms with Crippen molar-refractivity contribution in [1.29, 1.82) is 0 Å². The molecule has 0 unspecified atom stereocenters. The molecular weight excluding hydrogens is 347 g/mol. The van der Waals surface area contributed by atoms with Gasteiger partial charge < -0.3 is 4.74 Å². The second-order valence-electron chi connectivity index (χ2n) is 4.66. The lowest BCUT2D eigenvalue weighted by molar-refractivity contribution is 0.386. The van der Waals surface area contributed by atoms with Crippen molar-refractivity contribution in [3.05, 3.63) is 39.3 Å². The summed E-state index contributed by atoms with van der Waals surface area (Å²) < 4.78 is 19.2. The van der Waals surface area contributed by atoms with Gasteiger partial charge in [0.25, 0.3) is 0 Å². The van der Waals surface area contributed by atoms with Crippen LogP contribution in [0.4, 0.5) is 4.39 Å². The van der Waals surface area contributed by atoms with Crippen LogP contribution in [0.2, 0.25) is 5.15 Å². The third-order valence-electron chi connectivity index (χ3n) is 3.21. The molecule has 2 aromatic rings. The first kappa shape index (κ1) is 13.8. The summed E-state index contributed by atoms with van der Waals surface area (Å²) in [5, 5.41) is 0.375. The Morgan fingerprint density at radius 2 is 2.10 bits per heavy atom. The molecule has 1 aromatic heterocycles. The molecule has 1 aromatic carbocycles. The van der Waals surface area contributed by atoms with Crippen LogP contribution in [0.5, 0.6) is 5.75 Å². The highest BCUT2D eigenvalue weighted by molar-refractivity contribution is 9.10. The summed E-state index contributed by atoms with van der Waals surface area (Å²) in [5.74, 6) is 0.671. The van der Waals surface area contributed by atoms with Gasteiger partial charge in [-0.1, -0.05) is 11.6 Å². The van der Waals surface area contributed by atoms with Crippen molar-refractivity contribution in [2.24, 2.45) is 0 Å². The summed E-state index contributed by atoms with van der Waals surface area (Å²) in [6, 6.07) is 4.53. The van der Waals surface area contributed by atoms with Gasteiger partial charge in [-0.2, -0.15) is 0 Å². The molecule has 0 aliphatic heterocycles. The van der Waals surface area contributed by atoms with Crippen molar-refractivity contribution in [1.82, 2.24) is 9.97 Å². The van der Waals surface area contributed by atoms with E-state index >= 15 is 0 Å². The minimum Gasteiger partial charge on any atom is -0.494 e. The Balaban J connectivity index is 2.10. The van der Waals surface area contributed by atoms with Gasteiger partial charge in [0.05, 0.1) is 17.3 Å². The van der Waals surface area contributed by atoms with E-state index in [2.05, 4.69) is 25.9 Å². The lowest BCUT2D eigenvalue weighted by Gasteiger charge is -2.09. The van der Waals surface area contributed by atoms with Crippen molar-refractivity contribution in [3.63, 3.8) is 0 Å². The first-order valence-electron chi connectivity index (χ1n) is 6.17. The molecule has 6 heteroatoms. The highest BCUT2D eigenvalue weighted by Crippen LogP contribution is 2.44. The fourth-order valence-electron chi connectivity index (χ4n) is 1.99. The van der Waals surface area contributed by atoms with Crippen LogP contribution >= 0.6 is 27.5 Å². The maximum Gasteiger partial charge on any atom is 0.165 e. The van der Waals surface area contributed by atoms with Gasteiger partial charge in [0.15, 0.2) is 17.4 Å². The van der Waals surface area contributed by atoms with Crippen LogP contribution in [0.1, 0.15) is 24.5 Å². The Morgan fingerprint density at radius 3 is 2.75 bits per heavy atom. The minimum absolute atomic E-state index is 0.165. The van der Waals surface area contributed by atoms with Crippen LogP contribution in [0.25, 0.3) is 11.4 Å². The third-order valence-corrected chi connectivity index (χ3v) is 4.49. The zero-order chi connectivity index (χ0) is 14.3. The van der Waals surface area contributed by atoms with E-state index in [1.54, 1.807) is 12.1 Å². The number of methoxy groups -OCH3 is 1. The van der Waals surface area contributed by atoms with Crippen LogP contribution < -0.4 is 4.74 Å². The zero-order valence-corrected chi connectivity index (χ0v) is 13.0. The molecule has 0 radical (unpaired) electrons. The molecule has 104 valence electrons. The molecule has 3 nitrogen and oxygen atoms in total. The van der Waals surface area contributed by atoms with E-state index in [1.165, 1.54) is 13.2 Å². The average molecular weight is 358 g/mol. The summed E-state index contributed by atoms with van der Waals surface area (Å²) in [4.78, 5) is 8.80. The summed E-state index contributed by atoms with van der Waals surface area (Å²) in [7, 11) is 1.42. The maximum absolute atomic E-state index is 13.4. The van der Waals surface area contributed by atoms with Crippen molar-refractivity contribution in [2.45, 2.75) is 18.8 Å². The van der Waals surface area contributed by atoms with Gasteiger partial charge in [-0.25, -0.2) is 14.4 Å². The number of nitrogens with zero attached hydrogens (tertiary/aromatic N) is 2. The van der Waals surface area contributed by atoms with Gasteiger partial charge in [0, 0.05) is 11.5 Å². The number of hydrogen-bond donors (Lipinski definition) is 0. The van der Waals surface area contributed by atoms with E-state index in [9.17, 15) is 4.39 Å². The highest BCUT2D eigenvalue weighted by atomic mass is 79.9. The number of rotatable bonds is 3. The van der Waals surface area contributed by atoms with Crippen molar-refractivity contribution < 1.29 is 9.13 Å². The Morgan fingerprint density at radius 1 is 1.35 bits per heavy atom. The van der Waals surface area contributed by atoms with Gasteiger partial charge in [0.2, 0.25) is 0 Å². The quantitative estimate of drug-likeness (QED) is 0.754. The molecule has 1 saturated carbocycles. The van der Waals surface area contributed by atoms with Crippen LogP contribution in [0, 0.1) is 5.82 Å². The third kappa shape index (κ3) is 2.52. The number of halogens is 3. The molecule has 0 spiro atoms. The van der Waals surface area contributed by atoms with Crippen LogP contribution in [-0.2, 0) is 0 Å². The molecule has 1 fully saturated rings. The van der Waals surface area contributed by atoms with E-state index in [0.29, 0.717) is 22.5 Å². The number of aromatic nitrogens is 2. The van der Waals surface area contributed by atoms with Gasteiger partial charge in [-0.3, -0.25) is 0 Å². The number of hydrogen-bond acceptors (Lipinski definition) is 3. The number of ether oxygens (including phenoxy) is 1. The van der Waals surface area contributed by atoms with Gasteiger partial charge >= 0.3 is 0 Å². The largest absolute Gasteiger partial charge is 0.494 e. The molecule has 1 aliphatic carbocycles. The Kier molecular flexibility index (Phi) is 3.65. The molecular formula is C14H11BrClFN2O. The molecule has 0 saturated heterocycles. The van der Waals surface area contributed by atoms with E-state index < -0.39 is 5.82 Å². The van der Waals surface area contributed by atoms with E-state index in [-0.39, 0.29) is 5.75 Å². The van der Waals surface area contributed by atoms with Crippen molar-refractivity contribution in [3.8, 4) is 17.1 Å². The molecule has 1 aliphatic rings. The molecule has 1 heterocycles. The van der Waals surface area contributed by atoms with Crippen LogP contribution in [0.15, 0.2) is 22.7 Å². The fraction of sp³-hybridized carbons (Fsp3) is 0.286. The number of benzene rings is 1. The molecule has 0 bridgehead atoms. The summed E-state index contributed by atoms with van der Waals surface area (Å²) in [6.07, 6.45) is 2.22. The van der Waals surface area contributed by atoms with Gasteiger partial charge in [-0.15, -0.1) is 0 Å². The standard InChI is InChI=1S/C14H11BrClFN2O/c1-20-10-6-8(4-5-9(10)17)14-18-12(7-2-3-7)11(15)13(16)19-14/h4-7H,2-3H2,1H3. The van der Waals surface area contributed by atoms with Crippen molar-refractivity contribution >= 4 is 27.5 Å². The van der Waals surface area contributed by atoms with E-state index in [4.69, 9.17) is 16.3 Å². The minimum atomic E-state index is -0.415. The Labute approximate surface area is 129 Å². The average Bonchev–Trinajstić information content (AvgIpc) is 3.27. The summed E-state index contributed by atoms with van der Waals surface area (Å²) in [5.41, 5.74) is 1.60. The van der Waals surface area contributed by atoms with Gasteiger partial charge in [0.1, 0.15) is 5.15 Å². The second-order valence-corrected chi connectivity index (χ2v) is 5.81. The smallest absolute Gasteiger partial charge is 0.165 e. The van der Waals surface area contributed by atoms with E-state index in [0.717, 1.165) is 23.0 Å². The maximum atomic E-state index is 13.4. The SMILES string of the molecule is COc1cc(-c2nc(Cl)c(Br)c(C3CC3)n2)ccc1F. The monoisotopic (exact) mass is 356 g/mol. The zero-order valence-electron chi connectivity index (χ0n) is 10.7. The predicted octanol–water partition coefficient (Wildman–Crippen LogP) is 4.58. The lowest BCUT2D eigenvalue weighted by atomic mass is 10.2. The summed E-state index contributed by atoms with van der Waals surface area (Å²) in [6.45, 7) is 0. The first-order chi connectivity index (χ1) is 9.60. The van der Waals surface area contributed by atoms with Crippen LogP contribution in [0.3, 0.4) is 0 Å². The highest BCUT2D eigenvalue weighted by Gasteiger charge is 2.29. The summed E-state index contributed by atoms with van der Waals surface area (Å²) >= 11 is 9.57. The fourth-order valence-corrected chi connectivity index (χ4v) is 2.67. The molecule has 0 amide bonds. The van der Waals surface area contributed by atoms with Crippen LogP contribution in [-0.4, -0.2) is 17.1 Å². The predicted molar refractivity (Wildman–Crippen MR) is 78.7 cm³/mol. The second kappa shape index (κ2) is 5.30. The van der Waals surface area contributed by atoms with E-state index in [1.807, 2.05) is 0 Å². The van der Waals surface area contributed by atoms with Gasteiger partial charge in [-0.05, 0) is 47.0 Å². The lowest BCUT2D eigenvalue weighted by Crippen LogP contribution is -1.98. The molecule has 0 N–H and O–H groups in total. The molecule has 3 rings (SSSR count). The Hall–Kier alpha value is -1.20. The normalized spacial score (nSPS) is 14.4. The Bertz CT molecular complexity index is 676. The molecule has 20 heavy (non-hydrogen) atoms. The van der Waals surface area contributed by atoms with Crippen molar-refractivity contribution in [2.75, 3.05) is 7.11 Å². The topological polar surface area (TPSA) is 35.0 Å². The molecule has 0 atom stereocenters.